The van der Waals surface area contributed by atoms with E-state index in [4.69, 9.17) is 11.6 Å². The molecule has 0 heterocycles. The highest BCUT2D eigenvalue weighted by Crippen LogP contribution is 2.22. The Morgan fingerprint density at radius 3 is 2.81 bits per heavy atom. The van der Waals surface area contributed by atoms with Gasteiger partial charge in [0.2, 0.25) is 0 Å². The standard InChI is InChI=1S/C11H9ClFNO2/c1-8-9(4-2-3-5-12)6-10(13)7-11(8)14(15)16/h6-7H,3,5H2,1H3. The first-order valence-corrected chi connectivity index (χ1v) is 5.09. The highest BCUT2D eigenvalue weighted by Gasteiger charge is 2.15. The van der Waals surface area contributed by atoms with Crippen molar-refractivity contribution in [3.05, 3.63) is 39.2 Å². The molecule has 0 aromatic heterocycles. The molecule has 0 spiro atoms. The van der Waals surface area contributed by atoms with Crippen molar-refractivity contribution in [2.24, 2.45) is 0 Å². The molecule has 0 aliphatic carbocycles. The number of hydrogen-bond donors (Lipinski definition) is 0. The zero-order chi connectivity index (χ0) is 12.1. The van der Waals surface area contributed by atoms with Gasteiger partial charge in [0.25, 0.3) is 5.69 Å². The van der Waals surface area contributed by atoms with Crippen molar-refractivity contribution in [1.82, 2.24) is 0 Å². The van der Waals surface area contributed by atoms with Crippen LogP contribution in [0.5, 0.6) is 0 Å². The number of alkyl halides is 1. The van der Waals surface area contributed by atoms with Crippen LogP contribution in [0.2, 0.25) is 0 Å². The third kappa shape index (κ3) is 2.94. The van der Waals surface area contributed by atoms with E-state index in [9.17, 15) is 14.5 Å². The van der Waals surface area contributed by atoms with Crippen LogP contribution in [-0.2, 0) is 0 Å². The Bertz CT molecular complexity index is 477. The van der Waals surface area contributed by atoms with E-state index in [1.807, 2.05) is 0 Å². The molecular weight excluding hydrogens is 233 g/mol. The van der Waals surface area contributed by atoms with E-state index in [1.54, 1.807) is 6.92 Å². The molecule has 0 aliphatic rings. The normalized spacial score (nSPS) is 9.44. The average molecular weight is 242 g/mol. The molecule has 0 fully saturated rings. The lowest BCUT2D eigenvalue weighted by Crippen LogP contribution is -1.96. The van der Waals surface area contributed by atoms with Gasteiger partial charge in [-0.05, 0) is 13.0 Å². The molecule has 0 bridgehead atoms. The fourth-order valence-corrected chi connectivity index (χ4v) is 1.28. The number of halogens is 2. The van der Waals surface area contributed by atoms with Gasteiger partial charge in [0, 0.05) is 23.4 Å². The first kappa shape index (κ1) is 12.5. The van der Waals surface area contributed by atoms with Gasteiger partial charge in [-0.2, -0.15) is 0 Å². The zero-order valence-corrected chi connectivity index (χ0v) is 9.34. The van der Waals surface area contributed by atoms with Crippen LogP contribution in [0.15, 0.2) is 12.1 Å². The van der Waals surface area contributed by atoms with Crippen molar-refractivity contribution in [3.8, 4) is 11.8 Å². The highest BCUT2D eigenvalue weighted by molar-refractivity contribution is 6.18. The summed E-state index contributed by atoms with van der Waals surface area (Å²) in [5.74, 6) is 5.10. The molecule has 84 valence electrons. The Kier molecular flexibility index (Phi) is 4.27. The molecule has 16 heavy (non-hydrogen) atoms. The third-order valence-corrected chi connectivity index (χ3v) is 2.17. The largest absolute Gasteiger partial charge is 0.276 e. The summed E-state index contributed by atoms with van der Waals surface area (Å²) in [6.45, 7) is 1.54. The van der Waals surface area contributed by atoms with Crippen molar-refractivity contribution < 1.29 is 9.31 Å². The maximum Gasteiger partial charge on any atom is 0.276 e. The second-order valence-electron chi connectivity index (χ2n) is 3.10. The molecule has 0 amide bonds. The first-order valence-electron chi connectivity index (χ1n) is 4.55. The van der Waals surface area contributed by atoms with Crippen molar-refractivity contribution in [2.45, 2.75) is 13.3 Å². The summed E-state index contributed by atoms with van der Waals surface area (Å²) < 4.78 is 13.1. The van der Waals surface area contributed by atoms with E-state index < -0.39 is 10.7 Å². The minimum Gasteiger partial charge on any atom is -0.258 e. The summed E-state index contributed by atoms with van der Waals surface area (Å²) in [6.07, 6.45) is 0.464. The molecule has 0 radical (unpaired) electrons. The van der Waals surface area contributed by atoms with Crippen LogP contribution >= 0.6 is 11.6 Å². The lowest BCUT2D eigenvalue weighted by molar-refractivity contribution is -0.385. The van der Waals surface area contributed by atoms with Crippen LogP contribution in [-0.4, -0.2) is 10.8 Å². The van der Waals surface area contributed by atoms with Gasteiger partial charge in [0.15, 0.2) is 0 Å². The number of nitro groups is 1. The van der Waals surface area contributed by atoms with E-state index in [0.29, 0.717) is 23.4 Å². The summed E-state index contributed by atoms with van der Waals surface area (Å²) in [5, 5.41) is 10.6. The summed E-state index contributed by atoms with van der Waals surface area (Å²) in [4.78, 5) is 10.0. The van der Waals surface area contributed by atoms with Crippen LogP contribution in [0.4, 0.5) is 10.1 Å². The fraction of sp³-hybridized carbons (Fsp3) is 0.273. The Labute approximate surface area is 97.4 Å². The topological polar surface area (TPSA) is 43.1 Å². The molecule has 5 heteroatoms. The van der Waals surface area contributed by atoms with Crippen LogP contribution < -0.4 is 0 Å². The number of benzene rings is 1. The van der Waals surface area contributed by atoms with Crippen molar-refractivity contribution in [3.63, 3.8) is 0 Å². The maximum absolute atomic E-state index is 13.1. The van der Waals surface area contributed by atoms with Crippen LogP contribution in [0.25, 0.3) is 0 Å². The van der Waals surface area contributed by atoms with Gasteiger partial charge in [0.1, 0.15) is 5.82 Å². The van der Waals surface area contributed by atoms with E-state index >= 15 is 0 Å². The fourth-order valence-electron chi connectivity index (χ4n) is 1.19. The van der Waals surface area contributed by atoms with Gasteiger partial charge in [-0.25, -0.2) is 4.39 Å². The van der Waals surface area contributed by atoms with E-state index in [-0.39, 0.29) is 5.69 Å². The van der Waals surface area contributed by atoms with Crippen LogP contribution in [0.1, 0.15) is 17.5 Å². The highest BCUT2D eigenvalue weighted by atomic mass is 35.5. The second kappa shape index (κ2) is 5.47. The summed E-state index contributed by atoms with van der Waals surface area (Å²) in [7, 11) is 0. The molecule has 1 rings (SSSR count). The van der Waals surface area contributed by atoms with Gasteiger partial charge in [-0.15, -0.1) is 11.6 Å². The van der Waals surface area contributed by atoms with Crippen molar-refractivity contribution in [2.75, 3.05) is 5.88 Å². The molecule has 0 N–H and O–H groups in total. The Morgan fingerprint density at radius 1 is 1.56 bits per heavy atom. The quantitative estimate of drug-likeness (QED) is 0.346. The number of nitro benzene ring substituents is 1. The number of hydrogen-bond acceptors (Lipinski definition) is 2. The van der Waals surface area contributed by atoms with Crippen molar-refractivity contribution in [1.29, 1.82) is 0 Å². The Morgan fingerprint density at radius 2 is 2.25 bits per heavy atom. The molecule has 0 unspecified atom stereocenters. The molecule has 0 atom stereocenters. The van der Waals surface area contributed by atoms with Crippen LogP contribution in [0.3, 0.4) is 0 Å². The minimum absolute atomic E-state index is 0.254. The minimum atomic E-state index is -0.660. The molecule has 1 aromatic rings. The van der Waals surface area contributed by atoms with E-state index in [0.717, 1.165) is 6.07 Å². The van der Waals surface area contributed by atoms with E-state index in [1.165, 1.54) is 6.07 Å². The molecule has 0 aliphatic heterocycles. The predicted octanol–water partition coefficient (Wildman–Crippen LogP) is 3.02. The molecular formula is C11H9ClFNO2. The zero-order valence-electron chi connectivity index (χ0n) is 8.59. The summed E-state index contributed by atoms with van der Waals surface area (Å²) >= 11 is 5.44. The lowest BCUT2D eigenvalue weighted by Gasteiger charge is -2.00. The van der Waals surface area contributed by atoms with Crippen LogP contribution in [0, 0.1) is 34.7 Å². The van der Waals surface area contributed by atoms with Gasteiger partial charge >= 0.3 is 0 Å². The SMILES string of the molecule is Cc1c(C#CCCCl)cc(F)cc1[N+](=O)[O-]. The monoisotopic (exact) mass is 241 g/mol. The number of rotatable bonds is 2. The molecule has 1 aromatic carbocycles. The summed E-state index contributed by atoms with van der Waals surface area (Å²) in [5.41, 5.74) is 0.445. The molecule has 0 saturated carbocycles. The van der Waals surface area contributed by atoms with Crippen molar-refractivity contribution >= 4 is 17.3 Å². The van der Waals surface area contributed by atoms with Gasteiger partial charge in [0.05, 0.1) is 11.0 Å². The number of nitrogens with zero attached hydrogens (tertiary/aromatic N) is 1. The molecule has 0 saturated heterocycles. The van der Waals surface area contributed by atoms with Gasteiger partial charge in [-0.1, -0.05) is 11.8 Å². The third-order valence-electron chi connectivity index (χ3n) is 1.98. The summed E-state index contributed by atoms with van der Waals surface area (Å²) in [6, 6.07) is 2.08. The average Bonchev–Trinajstić information content (AvgIpc) is 2.22. The second-order valence-corrected chi connectivity index (χ2v) is 3.47. The lowest BCUT2D eigenvalue weighted by atomic mass is 10.1. The Balaban J connectivity index is 3.21. The predicted molar refractivity (Wildman–Crippen MR) is 60.0 cm³/mol. The molecule has 3 nitrogen and oxygen atoms in total. The Hall–Kier alpha value is -1.60. The van der Waals surface area contributed by atoms with Gasteiger partial charge in [-0.3, -0.25) is 10.1 Å². The smallest absolute Gasteiger partial charge is 0.258 e. The first-order chi connectivity index (χ1) is 7.56. The van der Waals surface area contributed by atoms with E-state index in [2.05, 4.69) is 11.8 Å². The maximum atomic E-state index is 13.1. The van der Waals surface area contributed by atoms with Gasteiger partial charge < -0.3 is 0 Å².